The van der Waals surface area contributed by atoms with E-state index in [0.717, 1.165) is 0 Å². The zero-order chi connectivity index (χ0) is 11.6. The van der Waals surface area contributed by atoms with Crippen LogP contribution in [-0.4, -0.2) is 18.0 Å². The fraction of sp³-hybridized carbons (Fsp3) is 0.222. The first-order valence-corrected chi connectivity index (χ1v) is 4.79. The number of hydrogen-bond acceptors (Lipinski definition) is 4. The molecule has 0 N–H and O–H groups in total. The Morgan fingerprint density at radius 3 is 2.60 bits per heavy atom. The summed E-state index contributed by atoms with van der Waals surface area (Å²) in [5, 5.41) is 10.6. The van der Waals surface area contributed by atoms with Crippen molar-refractivity contribution in [1.82, 2.24) is 0 Å². The highest BCUT2D eigenvalue weighted by molar-refractivity contribution is 9.10. The van der Waals surface area contributed by atoms with Crippen LogP contribution in [0.5, 0.6) is 0 Å². The molecule has 0 fully saturated rings. The van der Waals surface area contributed by atoms with Gasteiger partial charge in [0.2, 0.25) is 0 Å². The van der Waals surface area contributed by atoms with Crippen LogP contribution < -0.4 is 0 Å². The molecular formula is C9H8BrNO4. The van der Waals surface area contributed by atoms with Crippen molar-refractivity contribution in [2.75, 3.05) is 7.11 Å². The van der Waals surface area contributed by atoms with E-state index in [9.17, 15) is 14.9 Å². The molecule has 0 saturated carbocycles. The molecule has 80 valence electrons. The number of rotatable bonds is 2. The fourth-order valence-corrected chi connectivity index (χ4v) is 1.54. The van der Waals surface area contributed by atoms with Crippen LogP contribution >= 0.6 is 15.9 Å². The molecule has 0 amide bonds. The molecule has 0 unspecified atom stereocenters. The summed E-state index contributed by atoms with van der Waals surface area (Å²) in [7, 11) is 1.23. The van der Waals surface area contributed by atoms with Gasteiger partial charge in [-0.2, -0.15) is 0 Å². The van der Waals surface area contributed by atoms with Gasteiger partial charge in [-0.1, -0.05) is 15.9 Å². The minimum absolute atomic E-state index is 0.145. The van der Waals surface area contributed by atoms with Crippen molar-refractivity contribution in [2.45, 2.75) is 6.92 Å². The van der Waals surface area contributed by atoms with E-state index in [0.29, 0.717) is 10.0 Å². The van der Waals surface area contributed by atoms with E-state index in [-0.39, 0.29) is 11.3 Å². The molecule has 0 heterocycles. The number of carbonyl (C=O) groups is 1. The fourth-order valence-electron chi connectivity index (χ4n) is 1.09. The van der Waals surface area contributed by atoms with Crippen LogP contribution in [-0.2, 0) is 4.74 Å². The molecule has 0 aliphatic rings. The van der Waals surface area contributed by atoms with E-state index in [1.807, 2.05) is 0 Å². The van der Waals surface area contributed by atoms with Crippen LogP contribution in [0.2, 0.25) is 0 Å². The first-order valence-electron chi connectivity index (χ1n) is 4.00. The van der Waals surface area contributed by atoms with E-state index in [1.165, 1.54) is 19.2 Å². The largest absolute Gasteiger partial charge is 0.465 e. The van der Waals surface area contributed by atoms with Crippen LogP contribution in [0.1, 0.15) is 15.9 Å². The molecule has 1 rings (SSSR count). The number of esters is 1. The molecule has 0 saturated heterocycles. The Balaban J connectivity index is 3.37. The molecule has 5 nitrogen and oxygen atoms in total. The van der Waals surface area contributed by atoms with Gasteiger partial charge in [0.25, 0.3) is 5.69 Å². The van der Waals surface area contributed by atoms with Crippen molar-refractivity contribution in [1.29, 1.82) is 0 Å². The van der Waals surface area contributed by atoms with Gasteiger partial charge in [0.1, 0.15) is 0 Å². The highest BCUT2D eigenvalue weighted by Gasteiger charge is 2.17. The molecule has 1 aromatic carbocycles. The Bertz CT molecular complexity index is 430. The van der Waals surface area contributed by atoms with E-state index in [2.05, 4.69) is 20.7 Å². The number of carbonyl (C=O) groups excluding carboxylic acids is 1. The Kier molecular flexibility index (Phi) is 3.41. The smallest absolute Gasteiger partial charge is 0.338 e. The first-order chi connectivity index (χ1) is 6.97. The van der Waals surface area contributed by atoms with Gasteiger partial charge in [0.15, 0.2) is 0 Å². The Labute approximate surface area is 94.3 Å². The summed E-state index contributed by atoms with van der Waals surface area (Å²) in [5.74, 6) is -0.586. The highest BCUT2D eigenvalue weighted by Crippen LogP contribution is 2.26. The zero-order valence-electron chi connectivity index (χ0n) is 8.11. The normalized spacial score (nSPS) is 9.80. The summed E-state index contributed by atoms with van der Waals surface area (Å²) in [4.78, 5) is 21.3. The average molecular weight is 274 g/mol. The SMILES string of the molecule is COC(=O)c1cc([N+](=O)[O-])cc(Br)c1C. The van der Waals surface area contributed by atoms with E-state index in [4.69, 9.17) is 0 Å². The summed E-state index contributed by atoms with van der Waals surface area (Å²) < 4.78 is 5.04. The molecule has 0 spiro atoms. The van der Waals surface area contributed by atoms with Gasteiger partial charge < -0.3 is 4.74 Å². The summed E-state index contributed by atoms with van der Waals surface area (Å²) in [5.41, 5.74) is 0.666. The summed E-state index contributed by atoms with van der Waals surface area (Å²) in [6.45, 7) is 1.68. The second kappa shape index (κ2) is 4.39. The van der Waals surface area contributed by atoms with Gasteiger partial charge in [-0.05, 0) is 12.5 Å². The maximum absolute atomic E-state index is 11.3. The topological polar surface area (TPSA) is 69.4 Å². The lowest BCUT2D eigenvalue weighted by molar-refractivity contribution is -0.385. The van der Waals surface area contributed by atoms with Crippen LogP contribution in [0.25, 0.3) is 0 Å². The molecule has 0 atom stereocenters. The molecule has 15 heavy (non-hydrogen) atoms. The summed E-state index contributed by atoms with van der Waals surface area (Å²) in [6.07, 6.45) is 0. The maximum Gasteiger partial charge on any atom is 0.338 e. The number of nitro groups is 1. The van der Waals surface area contributed by atoms with Crippen LogP contribution in [0.15, 0.2) is 16.6 Å². The number of nitro benzene ring substituents is 1. The predicted molar refractivity (Wildman–Crippen MR) is 56.9 cm³/mol. The number of benzene rings is 1. The summed E-state index contributed by atoms with van der Waals surface area (Å²) in [6, 6.07) is 2.55. The Morgan fingerprint density at radius 1 is 1.53 bits per heavy atom. The second-order valence-corrected chi connectivity index (χ2v) is 3.70. The molecule has 0 aromatic heterocycles. The van der Waals surface area contributed by atoms with Crippen LogP contribution in [0.3, 0.4) is 0 Å². The minimum Gasteiger partial charge on any atom is -0.465 e. The standard InChI is InChI=1S/C9H8BrNO4/c1-5-7(9(12)15-2)3-6(11(13)14)4-8(5)10/h3-4H,1-2H3. The van der Waals surface area contributed by atoms with Gasteiger partial charge in [-0.3, -0.25) is 10.1 Å². The van der Waals surface area contributed by atoms with Crippen molar-refractivity contribution in [3.63, 3.8) is 0 Å². The average Bonchev–Trinajstić information content (AvgIpc) is 2.20. The Morgan fingerprint density at radius 2 is 2.13 bits per heavy atom. The third-order valence-electron chi connectivity index (χ3n) is 1.95. The molecule has 0 radical (unpaired) electrons. The quantitative estimate of drug-likeness (QED) is 0.472. The zero-order valence-corrected chi connectivity index (χ0v) is 9.70. The summed E-state index contributed by atoms with van der Waals surface area (Å²) >= 11 is 3.15. The first kappa shape index (κ1) is 11.6. The number of non-ortho nitro benzene ring substituents is 1. The van der Waals surface area contributed by atoms with Gasteiger partial charge in [0.05, 0.1) is 17.6 Å². The van der Waals surface area contributed by atoms with Crippen molar-refractivity contribution >= 4 is 27.6 Å². The van der Waals surface area contributed by atoms with E-state index >= 15 is 0 Å². The lowest BCUT2D eigenvalue weighted by atomic mass is 10.1. The van der Waals surface area contributed by atoms with Gasteiger partial charge >= 0.3 is 5.97 Å². The third-order valence-corrected chi connectivity index (χ3v) is 2.77. The second-order valence-electron chi connectivity index (χ2n) is 2.85. The lowest BCUT2D eigenvalue weighted by Gasteiger charge is -2.05. The number of methoxy groups -OCH3 is 1. The van der Waals surface area contributed by atoms with Gasteiger partial charge in [0, 0.05) is 16.6 Å². The van der Waals surface area contributed by atoms with Crippen molar-refractivity contribution in [3.8, 4) is 0 Å². The van der Waals surface area contributed by atoms with Gasteiger partial charge in [-0.25, -0.2) is 4.79 Å². The number of nitrogens with zero attached hydrogens (tertiary/aromatic N) is 1. The van der Waals surface area contributed by atoms with E-state index < -0.39 is 10.9 Å². The minimum atomic E-state index is -0.586. The number of halogens is 1. The monoisotopic (exact) mass is 273 g/mol. The molecular weight excluding hydrogens is 266 g/mol. The van der Waals surface area contributed by atoms with Crippen LogP contribution in [0.4, 0.5) is 5.69 Å². The van der Waals surface area contributed by atoms with Crippen molar-refractivity contribution in [2.24, 2.45) is 0 Å². The number of ether oxygens (including phenoxy) is 1. The molecule has 6 heteroatoms. The Hall–Kier alpha value is -1.43. The highest BCUT2D eigenvalue weighted by atomic mass is 79.9. The molecule has 0 bridgehead atoms. The van der Waals surface area contributed by atoms with Crippen molar-refractivity contribution < 1.29 is 14.5 Å². The predicted octanol–water partition coefficient (Wildman–Crippen LogP) is 2.45. The lowest BCUT2D eigenvalue weighted by Crippen LogP contribution is -2.05. The van der Waals surface area contributed by atoms with Gasteiger partial charge in [-0.15, -0.1) is 0 Å². The third kappa shape index (κ3) is 2.33. The molecule has 0 aliphatic carbocycles. The van der Waals surface area contributed by atoms with Crippen LogP contribution in [0, 0.1) is 17.0 Å². The molecule has 0 aliphatic heterocycles. The molecule has 1 aromatic rings. The van der Waals surface area contributed by atoms with E-state index in [1.54, 1.807) is 6.92 Å². The number of hydrogen-bond donors (Lipinski definition) is 0. The maximum atomic E-state index is 11.3. The van der Waals surface area contributed by atoms with Crippen molar-refractivity contribution in [3.05, 3.63) is 37.8 Å².